The maximum absolute atomic E-state index is 5.74. The number of rotatable bonds is 4. The van der Waals surface area contributed by atoms with E-state index in [2.05, 4.69) is 41.0 Å². The molecule has 5 nitrogen and oxygen atoms in total. The van der Waals surface area contributed by atoms with E-state index < -0.39 is 0 Å². The average Bonchev–Trinajstić information content (AvgIpc) is 2.62. The van der Waals surface area contributed by atoms with Gasteiger partial charge in [0.1, 0.15) is 5.82 Å². The van der Waals surface area contributed by atoms with E-state index >= 15 is 0 Å². The Morgan fingerprint density at radius 3 is 2.67 bits per heavy atom. The van der Waals surface area contributed by atoms with Crippen molar-refractivity contribution in [2.45, 2.75) is 52.5 Å². The van der Waals surface area contributed by atoms with Gasteiger partial charge in [-0.1, -0.05) is 27.2 Å². The van der Waals surface area contributed by atoms with Crippen LogP contribution < -0.4 is 11.1 Å². The molecule has 2 rings (SSSR count). The number of hydrogen-bond donors (Lipinski definition) is 2. The van der Waals surface area contributed by atoms with Crippen LogP contribution in [0, 0.1) is 11.8 Å². The molecule has 1 saturated carbocycles. The molecule has 1 heterocycles. The summed E-state index contributed by atoms with van der Waals surface area (Å²) in [5.74, 6) is 2.93. The lowest BCUT2D eigenvalue weighted by Crippen LogP contribution is -2.24. The molecule has 18 heavy (non-hydrogen) atoms. The van der Waals surface area contributed by atoms with Crippen LogP contribution in [-0.2, 0) is 6.42 Å². The van der Waals surface area contributed by atoms with Crippen LogP contribution in [0.2, 0.25) is 0 Å². The number of anilines is 2. The first-order valence-electron chi connectivity index (χ1n) is 6.81. The van der Waals surface area contributed by atoms with Gasteiger partial charge in [-0.15, -0.1) is 0 Å². The summed E-state index contributed by atoms with van der Waals surface area (Å²) in [7, 11) is 0. The molecular weight excluding hydrogens is 226 g/mol. The van der Waals surface area contributed by atoms with Gasteiger partial charge >= 0.3 is 0 Å². The fraction of sp³-hybridized carbons (Fsp3) is 0.769. The van der Waals surface area contributed by atoms with Crippen molar-refractivity contribution < 1.29 is 0 Å². The second kappa shape index (κ2) is 5.50. The van der Waals surface area contributed by atoms with Gasteiger partial charge in [0.15, 0.2) is 0 Å². The molecule has 3 N–H and O–H groups in total. The molecule has 0 spiro atoms. The first-order valence-corrected chi connectivity index (χ1v) is 6.81. The molecule has 0 saturated heterocycles. The third-order valence-electron chi connectivity index (χ3n) is 3.47. The van der Waals surface area contributed by atoms with Crippen molar-refractivity contribution in [1.29, 1.82) is 0 Å². The van der Waals surface area contributed by atoms with E-state index in [1.165, 1.54) is 19.3 Å². The van der Waals surface area contributed by atoms with E-state index in [9.17, 15) is 0 Å². The highest BCUT2D eigenvalue weighted by Crippen LogP contribution is 2.27. The fourth-order valence-corrected chi connectivity index (χ4v) is 2.48. The molecule has 1 aromatic heterocycles. The average molecular weight is 249 g/mol. The molecule has 5 heteroatoms. The number of nitrogens with one attached hydrogen (secondary N) is 1. The van der Waals surface area contributed by atoms with Crippen LogP contribution >= 0.6 is 0 Å². The number of nitrogens with zero attached hydrogens (tertiary/aromatic N) is 3. The van der Waals surface area contributed by atoms with Gasteiger partial charge in [0.05, 0.1) is 0 Å². The number of aromatic nitrogens is 3. The van der Waals surface area contributed by atoms with Gasteiger partial charge < -0.3 is 11.1 Å². The van der Waals surface area contributed by atoms with Crippen LogP contribution in [0.1, 0.15) is 45.9 Å². The summed E-state index contributed by atoms with van der Waals surface area (Å²) in [6.07, 6.45) is 4.57. The minimum Gasteiger partial charge on any atom is -0.368 e. The second-order valence-corrected chi connectivity index (χ2v) is 5.69. The quantitative estimate of drug-likeness (QED) is 0.856. The van der Waals surface area contributed by atoms with Crippen LogP contribution in [0.15, 0.2) is 0 Å². The maximum Gasteiger partial charge on any atom is 0.227 e. The van der Waals surface area contributed by atoms with E-state index in [4.69, 9.17) is 5.73 Å². The lowest BCUT2D eigenvalue weighted by molar-refractivity contribution is 0.551. The van der Waals surface area contributed by atoms with Crippen LogP contribution in [0.4, 0.5) is 11.9 Å². The van der Waals surface area contributed by atoms with Crippen molar-refractivity contribution in [2.75, 3.05) is 11.1 Å². The molecule has 1 aliphatic rings. The Hall–Kier alpha value is -1.39. The Morgan fingerprint density at radius 2 is 2.06 bits per heavy atom. The van der Waals surface area contributed by atoms with Crippen molar-refractivity contribution in [3.63, 3.8) is 0 Å². The number of nitrogens with two attached hydrogens (primary N) is 1. The normalized spacial score (nSPS) is 23.6. The summed E-state index contributed by atoms with van der Waals surface area (Å²) in [6, 6.07) is 0.471. The summed E-state index contributed by atoms with van der Waals surface area (Å²) < 4.78 is 0. The summed E-state index contributed by atoms with van der Waals surface area (Å²) in [5.41, 5.74) is 5.74. The lowest BCUT2D eigenvalue weighted by Gasteiger charge is -2.17. The minimum absolute atomic E-state index is 0.314. The van der Waals surface area contributed by atoms with Gasteiger partial charge in [-0.25, -0.2) is 0 Å². The second-order valence-electron chi connectivity index (χ2n) is 5.69. The van der Waals surface area contributed by atoms with Crippen molar-refractivity contribution in [2.24, 2.45) is 11.8 Å². The monoisotopic (exact) mass is 249 g/mol. The van der Waals surface area contributed by atoms with Gasteiger partial charge in [-0.3, -0.25) is 0 Å². The van der Waals surface area contributed by atoms with Crippen LogP contribution in [0.25, 0.3) is 0 Å². The molecule has 0 bridgehead atoms. The predicted octanol–water partition coefficient (Wildman–Crippen LogP) is 2.25. The largest absolute Gasteiger partial charge is 0.368 e. The van der Waals surface area contributed by atoms with Gasteiger partial charge in [0, 0.05) is 12.5 Å². The Labute approximate surface area is 109 Å². The molecule has 0 radical (unpaired) electrons. The van der Waals surface area contributed by atoms with E-state index in [-0.39, 0.29) is 0 Å². The first-order chi connectivity index (χ1) is 8.54. The van der Waals surface area contributed by atoms with Crippen molar-refractivity contribution in [3.8, 4) is 0 Å². The Kier molecular flexibility index (Phi) is 3.99. The van der Waals surface area contributed by atoms with Gasteiger partial charge in [-0.05, 0) is 24.7 Å². The molecular formula is C13H23N5. The Bertz CT molecular complexity index is 404. The van der Waals surface area contributed by atoms with Crippen LogP contribution in [0.3, 0.4) is 0 Å². The highest BCUT2D eigenvalue weighted by atomic mass is 15.2. The smallest absolute Gasteiger partial charge is 0.227 e. The molecule has 1 fully saturated rings. The SMILES string of the molecule is CC(C)Cc1nc(N)nc(NC2CCCC2C)n1. The standard InChI is InChI=1S/C13H23N5/c1-8(2)7-11-16-12(14)18-13(17-11)15-10-6-4-5-9(10)3/h8-10H,4-7H2,1-3H3,(H3,14,15,16,17,18). The molecule has 1 aromatic rings. The van der Waals surface area contributed by atoms with Crippen molar-refractivity contribution in [3.05, 3.63) is 5.82 Å². The number of nitrogen functional groups attached to an aromatic ring is 1. The third kappa shape index (κ3) is 3.31. The zero-order chi connectivity index (χ0) is 13.1. The van der Waals surface area contributed by atoms with E-state index in [1.54, 1.807) is 0 Å². The van der Waals surface area contributed by atoms with Crippen LogP contribution in [-0.4, -0.2) is 21.0 Å². The lowest BCUT2D eigenvalue weighted by atomic mass is 10.1. The van der Waals surface area contributed by atoms with E-state index in [0.717, 1.165) is 12.2 Å². The molecule has 0 amide bonds. The predicted molar refractivity (Wildman–Crippen MR) is 73.2 cm³/mol. The highest BCUT2D eigenvalue weighted by Gasteiger charge is 2.24. The van der Waals surface area contributed by atoms with E-state index in [1.807, 2.05) is 0 Å². The van der Waals surface area contributed by atoms with Gasteiger partial charge in [0.25, 0.3) is 0 Å². The highest BCUT2D eigenvalue weighted by molar-refractivity contribution is 5.32. The topological polar surface area (TPSA) is 76.7 Å². The summed E-state index contributed by atoms with van der Waals surface area (Å²) in [4.78, 5) is 12.8. The maximum atomic E-state index is 5.74. The summed E-state index contributed by atoms with van der Waals surface area (Å²) in [6.45, 7) is 6.56. The van der Waals surface area contributed by atoms with Gasteiger partial charge in [-0.2, -0.15) is 15.0 Å². The summed E-state index contributed by atoms with van der Waals surface area (Å²) in [5, 5.41) is 3.40. The summed E-state index contributed by atoms with van der Waals surface area (Å²) >= 11 is 0. The third-order valence-corrected chi connectivity index (χ3v) is 3.47. The number of hydrogen-bond acceptors (Lipinski definition) is 5. The van der Waals surface area contributed by atoms with Crippen LogP contribution in [0.5, 0.6) is 0 Å². The Morgan fingerprint density at radius 1 is 1.28 bits per heavy atom. The molecule has 0 aliphatic heterocycles. The van der Waals surface area contributed by atoms with E-state index in [0.29, 0.717) is 29.8 Å². The molecule has 1 aliphatic carbocycles. The molecule has 2 unspecified atom stereocenters. The zero-order valence-corrected chi connectivity index (χ0v) is 11.5. The first kappa shape index (κ1) is 13.1. The van der Waals surface area contributed by atoms with Crippen molar-refractivity contribution in [1.82, 2.24) is 15.0 Å². The van der Waals surface area contributed by atoms with Gasteiger partial charge in [0.2, 0.25) is 11.9 Å². The molecule has 100 valence electrons. The Balaban J connectivity index is 2.09. The fourth-order valence-electron chi connectivity index (χ4n) is 2.48. The zero-order valence-electron chi connectivity index (χ0n) is 11.5. The molecule has 0 aromatic carbocycles. The van der Waals surface area contributed by atoms with Crippen molar-refractivity contribution >= 4 is 11.9 Å². The molecule has 2 atom stereocenters. The minimum atomic E-state index is 0.314.